The Kier molecular flexibility index (Phi) is 3.23. The van der Waals surface area contributed by atoms with E-state index in [0.29, 0.717) is 11.4 Å². The van der Waals surface area contributed by atoms with Crippen molar-refractivity contribution >= 4 is 17.3 Å². The van der Waals surface area contributed by atoms with Gasteiger partial charge in [0, 0.05) is 24.6 Å². The fourth-order valence-electron chi connectivity index (χ4n) is 1.54. The van der Waals surface area contributed by atoms with Crippen molar-refractivity contribution in [1.29, 1.82) is 0 Å². The summed E-state index contributed by atoms with van der Waals surface area (Å²) in [7, 11) is 1.56. The Morgan fingerprint density at radius 2 is 2.11 bits per heavy atom. The molecule has 1 heterocycles. The van der Waals surface area contributed by atoms with Gasteiger partial charge >= 0.3 is 0 Å². The van der Waals surface area contributed by atoms with Crippen molar-refractivity contribution < 1.29 is 9.18 Å². The van der Waals surface area contributed by atoms with E-state index in [2.05, 4.69) is 4.98 Å². The van der Waals surface area contributed by atoms with Crippen LogP contribution in [-0.4, -0.2) is 17.9 Å². The van der Waals surface area contributed by atoms with Gasteiger partial charge in [0.05, 0.1) is 0 Å². The van der Waals surface area contributed by atoms with Gasteiger partial charge in [-0.2, -0.15) is 0 Å². The zero-order chi connectivity index (χ0) is 13.1. The van der Waals surface area contributed by atoms with Crippen LogP contribution in [-0.2, 0) is 0 Å². The molecule has 5 heteroatoms. The van der Waals surface area contributed by atoms with Gasteiger partial charge in [0.15, 0.2) is 0 Å². The monoisotopic (exact) mass is 245 g/mol. The maximum Gasteiger partial charge on any atom is 0.276 e. The molecule has 0 saturated heterocycles. The van der Waals surface area contributed by atoms with Crippen LogP contribution in [0.1, 0.15) is 10.5 Å². The van der Waals surface area contributed by atoms with Crippen molar-refractivity contribution in [2.75, 3.05) is 17.7 Å². The molecular formula is C13H12FN3O. The Morgan fingerprint density at radius 3 is 2.78 bits per heavy atom. The number of nitrogen functional groups attached to an aromatic ring is 1. The predicted molar refractivity (Wildman–Crippen MR) is 67.8 cm³/mol. The van der Waals surface area contributed by atoms with E-state index >= 15 is 0 Å². The molecule has 0 radical (unpaired) electrons. The first-order valence-corrected chi connectivity index (χ1v) is 5.33. The zero-order valence-corrected chi connectivity index (χ0v) is 9.80. The molecule has 1 aromatic heterocycles. The van der Waals surface area contributed by atoms with Crippen LogP contribution >= 0.6 is 0 Å². The maximum absolute atomic E-state index is 13.1. The number of anilines is 2. The van der Waals surface area contributed by atoms with E-state index in [1.807, 2.05) is 0 Å². The highest BCUT2D eigenvalue weighted by atomic mass is 19.1. The fraction of sp³-hybridized carbons (Fsp3) is 0.0769. The zero-order valence-electron chi connectivity index (χ0n) is 9.80. The Balaban J connectivity index is 2.29. The van der Waals surface area contributed by atoms with Crippen LogP contribution in [0.15, 0.2) is 42.6 Å². The second kappa shape index (κ2) is 4.83. The number of carbonyl (C=O) groups excluding carboxylic acids is 1. The van der Waals surface area contributed by atoms with Crippen molar-refractivity contribution in [3.63, 3.8) is 0 Å². The van der Waals surface area contributed by atoms with Crippen molar-refractivity contribution in [3.05, 3.63) is 54.1 Å². The molecule has 0 atom stereocenters. The third-order valence-electron chi connectivity index (χ3n) is 2.50. The second-order valence-corrected chi connectivity index (χ2v) is 3.82. The first kappa shape index (κ1) is 12.0. The van der Waals surface area contributed by atoms with Crippen molar-refractivity contribution in [2.24, 2.45) is 0 Å². The Hall–Kier alpha value is -2.43. The quantitative estimate of drug-likeness (QED) is 0.881. The third-order valence-corrected chi connectivity index (χ3v) is 2.50. The molecule has 1 aromatic carbocycles. The number of hydrogen-bond donors (Lipinski definition) is 1. The van der Waals surface area contributed by atoms with Crippen LogP contribution in [0.2, 0.25) is 0 Å². The van der Waals surface area contributed by atoms with Gasteiger partial charge in [-0.25, -0.2) is 4.39 Å². The molecule has 18 heavy (non-hydrogen) atoms. The minimum Gasteiger partial charge on any atom is -0.399 e. The number of nitrogens with two attached hydrogens (primary N) is 1. The number of benzene rings is 1. The third kappa shape index (κ3) is 2.45. The molecule has 2 rings (SSSR count). The largest absolute Gasteiger partial charge is 0.399 e. The summed E-state index contributed by atoms with van der Waals surface area (Å²) in [5.74, 6) is -0.736. The normalized spacial score (nSPS) is 10.1. The second-order valence-electron chi connectivity index (χ2n) is 3.82. The van der Waals surface area contributed by atoms with Gasteiger partial charge in [0.2, 0.25) is 0 Å². The van der Waals surface area contributed by atoms with Crippen LogP contribution in [0.3, 0.4) is 0 Å². The molecular weight excluding hydrogens is 233 g/mol. The molecule has 2 aromatic rings. The van der Waals surface area contributed by atoms with Gasteiger partial charge < -0.3 is 10.6 Å². The van der Waals surface area contributed by atoms with Gasteiger partial charge in [-0.1, -0.05) is 6.07 Å². The summed E-state index contributed by atoms with van der Waals surface area (Å²) in [6, 6.07) is 8.87. The van der Waals surface area contributed by atoms with Crippen LogP contribution < -0.4 is 10.6 Å². The van der Waals surface area contributed by atoms with E-state index in [9.17, 15) is 9.18 Å². The highest BCUT2D eigenvalue weighted by Gasteiger charge is 2.15. The van der Waals surface area contributed by atoms with Gasteiger partial charge in [-0.15, -0.1) is 0 Å². The highest BCUT2D eigenvalue weighted by Crippen LogP contribution is 2.16. The lowest BCUT2D eigenvalue weighted by molar-refractivity contribution is 0.0988. The lowest BCUT2D eigenvalue weighted by atomic mass is 10.2. The van der Waals surface area contributed by atoms with Crippen LogP contribution in [0, 0.1) is 5.82 Å². The van der Waals surface area contributed by atoms with Crippen molar-refractivity contribution in [3.8, 4) is 0 Å². The van der Waals surface area contributed by atoms with Crippen molar-refractivity contribution in [1.82, 2.24) is 4.98 Å². The summed E-state index contributed by atoms with van der Waals surface area (Å²) in [6.45, 7) is 0. The van der Waals surface area contributed by atoms with Gasteiger partial charge in [0.1, 0.15) is 11.5 Å². The summed E-state index contributed by atoms with van der Waals surface area (Å²) in [5, 5.41) is 0. The predicted octanol–water partition coefficient (Wildman–Crippen LogP) is 2.08. The molecule has 0 unspecified atom stereocenters. The van der Waals surface area contributed by atoms with Gasteiger partial charge in [0.25, 0.3) is 5.91 Å². The van der Waals surface area contributed by atoms with E-state index in [0.717, 1.165) is 0 Å². The average Bonchev–Trinajstić information content (AvgIpc) is 2.37. The molecule has 0 aliphatic heterocycles. The summed E-state index contributed by atoms with van der Waals surface area (Å²) < 4.78 is 13.1. The summed E-state index contributed by atoms with van der Waals surface area (Å²) in [5.41, 5.74) is 6.73. The standard InChI is InChI=1S/C13H12FN3O/c1-17(11-4-2-3-9(14)7-11)13(18)12-8-10(15)5-6-16-12/h2-8H,1H3,(H2,15,16). The first-order valence-electron chi connectivity index (χ1n) is 5.33. The van der Waals surface area contributed by atoms with Crippen molar-refractivity contribution in [2.45, 2.75) is 0 Å². The lowest BCUT2D eigenvalue weighted by Crippen LogP contribution is -2.27. The number of hydrogen-bond acceptors (Lipinski definition) is 3. The minimum absolute atomic E-state index is 0.224. The fourth-order valence-corrected chi connectivity index (χ4v) is 1.54. The summed E-state index contributed by atoms with van der Waals surface area (Å²) in [4.78, 5) is 17.4. The van der Waals surface area contributed by atoms with Gasteiger partial charge in [-0.3, -0.25) is 9.78 Å². The molecule has 2 N–H and O–H groups in total. The first-order chi connectivity index (χ1) is 8.58. The Labute approximate surface area is 104 Å². The molecule has 92 valence electrons. The number of nitrogens with zero attached hydrogens (tertiary/aromatic N) is 2. The van der Waals surface area contributed by atoms with Gasteiger partial charge in [-0.05, 0) is 30.3 Å². The SMILES string of the molecule is CN(C(=O)c1cc(N)ccn1)c1cccc(F)c1. The molecule has 0 saturated carbocycles. The number of amides is 1. The molecule has 4 nitrogen and oxygen atoms in total. The lowest BCUT2D eigenvalue weighted by Gasteiger charge is -2.16. The van der Waals surface area contributed by atoms with Crippen LogP contribution in [0.5, 0.6) is 0 Å². The number of pyridine rings is 1. The molecule has 0 fully saturated rings. The Morgan fingerprint density at radius 1 is 1.33 bits per heavy atom. The number of halogens is 1. The topological polar surface area (TPSA) is 59.2 Å². The average molecular weight is 245 g/mol. The van der Waals surface area contributed by atoms with E-state index in [1.165, 1.54) is 29.3 Å². The maximum atomic E-state index is 13.1. The highest BCUT2D eigenvalue weighted by molar-refractivity contribution is 6.04. The van der Waals surface area contributed by atoms with E-state index < -0.39 is 5.82 Å². The van der Waals surface area contributed by atoms with Crippen LogP contribution in [0.4, 0.5) is 15.8 Å². The molecule has 0 aliphatic carbocycles. The molecule has 0 aliphatic rings. The smallest absolute Gasteiger partial charge is 0.276 e. The number of aromatic nitrogens is 1. The summed E-state index contributed by atoms with van der Waals surface area (Å²) in [6.07, 6.45) is 1.46. The number of rotatable bonds is 2. The summed E-state index contributed by atoms with van der Waals surface area (Å²) >= 11 is 0. The van der Waals surface area contributed by atoms with E-state index in [-0.39, 0.29) is 11.6 Å². The Bertz CT molecular complexity index is 586. The molecule has 1 amide bonds. The van der Waals surface area contributed by atoms with E-state index in [4.69, 9.17) is 5.73 Å². The molecule has 0 bridgehead atoms. The minimum atomic E-state index is -0.396. The van der Waals surface area contributed by atoms with Crippen LogP contribution in [0.25, 0.3) is 0 Å². The molecule has 0 spiro atoms. The van der Waals surface area contributed by atoms with E-state index in [1.54, 1.807) is 25.2 Å². The number of carbonyl (C=O) groups is 1.